The van der Waals surface area contributed by atoms with Gasteiger partial charge in [-0.05, 0) is 50.5 Å². The predicted molar refractivity (Wildman–Crippen MR) is 100 cm³/mol. The molecule has 2 aromatic heterocycles. The lowest BCUT2D eigenvalue weighted by Crippen LogP contribution is -2.45. The van der Waals surface area contributed by atoms with Crippen molar-refractivity contribution in [2.24, 2.45) is 0 Å². The monoisotopic (exact) mass is 392 g/mol. The van der Waals surface area contributed by atoms with Gasteiger partial charge in [-0.3, -0.25) is 4.90 Å². The van der Waals surface area contributed by atoms with Crippen molar-refractivity contribution in [3.63, 3.8) is 0 Å². The van der Waals surface area contributed by atoms with Gasteiger partial charge in [-0.2, -0.15) is 0 Å². The average Bonchev–Trinajstić information content (AvgIpc) is 3.16. The van der Waals surface area contributed by atoms with Crippen molar-refractivity contribution in [2.45, 2.75) is 6.04 Å². The predicted octanol–water partition coefficient (Wildman–Crippen LogP) is 4.72. The van der Waals surface area contributed by atoms with Crippen LogP contribution in [0.4, 0.5) is 0 Å². The summed E-state index contributed by atoms with van der Waals surface area (Å²) in [6.07, 6.45) is 0. The molecule has 1 atom stereocenters. The molecule has 1 N–H and O–H groups in total. The first-order chi connectivity index (χ1) is 10.8. The lowest BCUT2D eigenvalue weighted by molar-refractivity contribution is 0.202. The van der Waals surface area contributed by atoms with Gasteiger partial charge in [0.1, 0.15) is 0 Å². The molecule has 2 nitrogen and oxygen atoms in total. The van der Waals surface area contributed by atoms with E-state index in [-0.39, 0.29) is 0 Å². The molecule has 114 valence electrons. The molecule has 22 heavy (non-hydrogen) atoms. The van der Waals surface area contributed by atoms with Crippen LogP contribution in [0, 0.1) is 0 Å². The third-order valence-corrected chi connectivity index (χ3v) is 6.84. The molecule has 3 aromatic rings. The van der Waals surface area contributed by atoms with Crippen molar-refractivity contribution >= 4 is 48.7 Å². The fraction of sp³-hybridized carbons (Fsp3) is 0.294. The third kappa shape index (κ3) is 2.76. The molecule has 0 amide bonds. The summed E-state index contributed by atoms with van der Waals surface area (Å²) in [4.78, 5) is 4.04. The molecular weight excluding hydrogens is 376 g/mol. The number of benzene rings is 1. The molecule has 1 unspecified atom stereocenters. The second-order valence-electron chi connectivity index (χ2n) is 5.52. The van der Waals surface area contributed by atoms with Crippen molar-refractivity contribution in [3.8, 4) is 0 Å². The normalized spacial score (nSPS) is 17.9. The molecule has 5 heteroatoms. The van der Waals surface area contributed by atoms with Crippen molar-refractivity contribution in [3.05, 3.63) is 56.0 Å². The van der Waals surface area contributed by atoms with Crippen LogP contribution in [0.5, 0.6) is 0 Å². The van der Waals surface area contributed by atoms with Crippen molar-refractivity contribution in [2.75, 3.05) is 26.2 Å². The van der Waals surface area contributed by atoms with Crippen LogP contribution in [0.2, 0.25) is 0 Å². The molecule has 0 spiro atoms. The van der Waals surface area contributed by atoms with Crippen LogP contribution in [-0.2, 0) is 0 Å². The van der Waals surface area contributed by atoms with Crippen LogP contribution < -0.4 is 5.32 Å². The fourth-order valence-electron chi connectivity index (χ4n) is 3.16. The maximum atomic E-state index is 3.63. The number of rotatable bonds is 3. The number of nitrogens with one attached hydrogen (secondary N) is 1. The van der Waals surface area contributed by atoms with Crippen molar-refractivity contribution in [1.29, 1.82) is 0 Å². The van der Waals surface area contributed by atoms with Gasteiger partial charge in [0.2, 0.25) is 0 Å². The van der Waals surface area contributed by atoms with Gasteiger partial charge in [-0.25, -0.2) is 0 Å². The topological polar surface area (TPSA) is 15.3 Å². The Balaban J connectivity index is 1.82. The largest absolute Gasteiger partial charge is 0.314 e. The first-order valence-electron chi connectivity index (χ1n) is 7.49. The molecule has 1 aliphatic rings. The number of fused-ring (bicyclic) bond motifs is 1. The van der Waals surface area contributed by atoms with Gasteiger partial charge in [0, 0.05) is 35.8 Å². The van der Waals surface area contributed by atoms with E-state index in [1.54, 1.807) is 0 Å². The quantitative estimate of drug-likeness (QED) is 0.693. The van der Waals surface area contributed by atoms with Gasteiger partial charge in [0.05, 0.1) is 9.83 Å². The lowest BCUT2D eigenvalue weighted by Gasteiger charge is -2.34. The molecule has 0 radical (unpaired) electrons. The van der Waals surface area contributed by atoms with Crippen molar-refractivity contribution < 1.29 is 0 Å². The molecule has 1 aliphatic heterocycles. The number of hydrogen-bond acceptors (Lipinski definition) is 4. The average molecular weight is 393 g/mol. The van der Waals surface area contributed by atoms with E-state index in [2.05, 4.69) is 67.9 Å². The minimum Gasteiger partial charge on any atom is -0.314 e. The molecule has 1 saturated heterocycles. The van der Waals surface area contributed by atoms with E-state index in [1.165, 1.54) is 24.3 Å². The highest BCUT2D eigenvalue weighted by Crippen LogP contribution is 2.40. The molecular formula is C17H17BrN2S2. The van der Waals surface area contributed by atoms with Crippen LogP contribution in [-0.4, -0.2) is 31.1 Å². The van der Waals surface area contributed by atoms with E-state index >= 15 is 0 Å². The Morgan fingerprint density at radius 2 is 1.91 bits per heavy atom. The molecule has 4 rings (SSSR count). The number of nitrogens with zero attached hydrogens (tertiary/aromatic N) is 1. The highest BCUT2D eigenvalue weighted by Gasteiger charge is 2.27. The SMILES string of the molecule is Brc1ccc(C(c2csc3ccccc23)N2CCNCC2)s1. The molecule has 0 aliphatic carbocycles. The van der Waals surface area contributed by atoms with Crippen molar-refractivity contribution in [1.82, 2.24) is 10.2 Å². The van der Waals surface area contributed by atoms with Crippen LogP contribution in [0.3, 0.4) is 0 Å². The highest BCUT2D eigenvalue weighted by molar-refractivity contribution is 9.11. The zero-order valence-corrected chi connectivity index (χ0v) is 15.3. The third-order valence-electron chi connectivity index (χ3n) is 4.19. The van der Waals surface area contributed by atoms with E-state index < -0.39 is 0 Å². The fourth-order valence-corrected chi connectivity index (χ4v) is 5.71. The first kappa shape index (κ1) is 14.8. The van der Waals surface area contributed by atoms with Gasteiger partial charge in [0.15, 0.2) is 0 Å². The molecule has 1 aromatic carbocycles. The van der Waals surface area contributed by atoms with E-state index in [0.29, 0.717) is 6.04 Å². The van der Waals surface area contributed by atoms with Crippen LogP contribution >= 0.6 is 38.6 Å². The summed E-state index contributed by atoms with van der Waals surface area (Å²) in [5.74, 6) is 0. The Hall–Kier alpha value is -0.720. The van der Waals surface area contributed by atoms with Gasteiger partial charge in [-0.15, -0.1) is 22.7 Å². The lowest BCUT2D eigenvalue weighted by atomic mass is 10.0. The van der Waals surface area contributed by atoms with E-state index in [4.69, 9.17) is 0 Å². The number of hydrogen-bond donors (Lipinski definition) is 1. The summed E-state index contributed by atoms with van der Waals surface area (Å²) in [7, 11) is 0. The zero-order chi connectivity index (χ0) is 14.9. The summed E-state index contributed by atoms with van der Waals surface area (Å²) in [5, 5.41) is 7.22. The summed E-state index contributed by atoms with van der Waals surface area (Å²) in [6, 6.07) is 13.6. The minimum atomic E-state index is 0.370. The first-order valence-corrected chi connectivity index (χ1v) is 9.98. The molecule has 0 saturated carbocycles. The zero-order valence-electron chi connectivity index (χ0n) is 12.1. The second kappa shape index (κ2) is 6.42. The second-order valence-corrected chi connectivity index (χ2v) is 8.92. The van der Waals surface area contributed by atoms with Crippen LogP contribution in [0.25, 0.3) is 10.1 Å². The Labute approximate surface area is 146 Å². The summed E-state index contributed by atoms with van der Waals surface area (Å²) in [6.45, 7) is 4.35. The highest BCUT2D eigenvalue weighted by atomic mass is 79.9. The molecule has 0 bridgehead atoms. The minimum absolute atomic E-state index is 0.370. The summed E-state index contributed by atoms with van der Waals surface area (Å²) < 4.78 is 2.59. The maximum Gasteiger partial charge on any atom is 0.0711 e. The standard InChI is InChI=1S/C17H17BrN2S2/c18-16-6-5-15(22-16)17(20-9-7-19-8-10-20)13-11-21-14-4-2-1-3-12(13)14/h1-6,11,17,19H,7-10H2. The van der Waals surface area contributed by atoms with Gasteiger partial charge in [-0.1, -0.05) is 18.2 Å². The number of thiophene rings is 2. The number of piperazine rings is 1. The van der Waals surface area contributed by atoms with Crippen LogP contribution in [0.15, 0.2) is 45.6 Å². The van der Waals surface area contributed by atoms with E-state index in [0.717, 1.165) is 26.2 Å². The summed E-state index contributed by atoms with van der Waals surface area (Å²) in [5.41, 5.74) is 1.46. The Bertz CT molecular complexity index is 774. The summed E-state index contributed by atoms with van der Waals surface area (Å²) >= 11 is 7.34. The molecule has 3 heterocycles. The smallest absolute Gasteiger partial charge is 0.0711 e. The maximum absolute atomic E-state index is 3.63. The Kier molecular flexibility index (Phi) is 4.33. The van der Waals surface area contributed by atoms with Gasteiger partial charge in [0.25, 0.3) is 0 Å². The van der Waals surface area contributed by atoms with Crippen LogP contribution in [0.1, 0.15) is 16.5 Å². The molecule has 1 fully saturated rings. The van der Waals surface area contributed by atoms with Gasteiger partial charge < -0.3 is 5.32 Å². The van der Waals surface area contributed by atoms with E-state index in [9.17, 15) is 0 Å². The van der Waals surface area contributed by atoms with E-state index in [1.807, 2.05) is 22.7 Å². The Morgan fingerprint density at radius 3 is 2.68 bits per heavy atom. The van der Waals surface area contributed by atoms with Gasteiger partial charge >= 0.3 is 0 Å². The number of halogens is 1. The Morgan fingerprint density at radius 1 is 1.09 bits per heavy atom.